The second-order valence-electron chi connectivity index (χ2n) is 5.08. The smallest absolute Gasteiger partial charge is 0.150 e. The van der Waals surface area contributed by atoms with Crippen LogP contribution in [0.3, 0.4) is 0 Å². The summed E-state index contributed by atoms with van der Waals surface area (Å²) >= 11 is 0. The van der Waals surface area contributed by atoms with E-state index in [1.165, 1.54) is 0 Å². The molecular formula is C12H24O5S. The highest BCUT2D eigenvalue weighted by Gasteiger charge is 2.43. The van der Waals surface area contributed by atoms with E-state index in [0.29, 0.717) is 26.1 Å². The Balaban J connectivity index is 2.62. The average Bonchev–Trinajstić information content (AvgIpc) is 2.71. The summed E-state index contributed by atoms with van der Waals surface area (Å²) in [7, 11) is -2.99. The Morgan fingerprint density at radius 1 is 1.33 bits per heavy atom. The lowest BCUT2D eigenvalue weighted by Gasteiger charge is -2.35. The fourth-order valence-electron chi connectivity index (χ4n) is 2.62. The second kappa shape index (κ2) is 6.84. The Kier molecular flexibility index (Phi) is 6.04. The van der Waals surface area contributed by atoms with Crippen molar-refractivity contribution in [3.63, 3.8) is 0 Å². The van der Waals surface area contributed by atoms with Gasteiger partial charge in [-0.3, -0.25) is 0 Å². The molecule has 2 N–H and O–H groups in total. The third-order valence-electron chi connectivity index (χ3n) is 3.90. The first-order valence-electron chi connectivity index (χ1n) is 6.49. The van der Waals surface area contributed by atoms with E-state index < -0.39 is 15.3 Å². The van der Waals surface area contributed by atoms with E-state index in [-0.39, 0.29) is 30.6 Å². The van der Waals surface area contributed by atoms with Crippen LogP contribution >= 0.6 is 0 Å². The molecule has 1 rings (SSSR count). The molecule has 0 amide bonds. The van der Waals surface area contributed by atoms with E-state index in [9.17, 15) is 18.6 Å². The van der Waals surface area contributed by atoms with Crippen molar-refractivity contribution in [2.75, 3.05) is 37.9 Å². The van der Waals surface area contributed by atoms with Gasteiger partial charge in [0.05, 0.1) is 24.7 Å². The molecule has 6 heteroatoms. The van der Waals surface area contributed by atoms with Crippen molar-refractivity contribution >= 4 is 9.84 Å². The zero-order valence-electron chi connectivity index (χ0n) is 11.0. The minimum atomic E-state index is -2.99. The van der Waals surface area contributed by atoms with Crippen LogP contribution < -0.4 is 0 Å². The van der Waals surface area contributed by atoms with Crippen molar-refractivity contribution in [3.05, 3.63) is 0 Å². The van der Waals surface area contributed by atoms with Gasteiger partial charge in [0, 0.05) is 18.6 Å². The number of hydrogen-bond acceptors (Lipinski definition) is 5. The van der Waals surface area contributed by atoms with Crippen molar-refractivity contribution in [1.29, 1.82) is 0 Å². The lowest BCUT2D eigenvalue weighted by molar-refractivity contribution is -0.00260. The molecule has 1 atom stereocenters. The van der Waals surface area contributed by atoms with Gasteiger partial charge in [0.1, 0.15) is 0 Å². The summed E-state index contributed by atoms with van der Waals surface area (Å²) in [6.45, 7) is 2.79. The van der Waals surface area contributed by atoms with Gasteiger partial charge < -0.3 is 14.9 Å². The summed E-state index contributed by atoms with van der Waals surface area (Å²) in [5.74, 6) is 0.118. The topological polar surface area (TPSA) is 83.8 Å². The summed E-state index contributed by atoms with van der Waals surface area (Å²) in [5, 5.41) is 19.1. The first kappa shape index (κ1) is 15.9. The van der Waals surface area contributed by atoms with Gasteiger partial charge in [-0.05, 0) is 32.1 Å². The molecule has 1 unspecified atom stereocenters. The highest BCUT2D eigenvalue weighted by molar-refractivity contribution is 7.91. The molecule has 0 saturated carbocycles. The number of aliphatic hydroxyl groups is 2. The van der Waals surface area contributed by atoms with Gasteiger partial charge in [0.25, 0.3) is 0 Å². The molecule has 1 fully saturated rings. The van der Waals surface area contributed by atoms with Crippen LogP contribution in [0.1, 0.15) is 26.2 Å². The number of sulfone groups is 1. The van der Waals surface area contributed by atoms with Gasteiger partial charge >= 0.3 is 0 Å². The summed E-state index contributed by atoms with van der Waals surface area (Å²) in [4.78, 5) is 0. The fourth-order valence-corrected chi connectivity index (χ4v) is 4.56. The monoisotopic (exact) mass is 280 g/mol. The van der Waals surface area contributed by atoms with E-state index in [0.717, 1.165) is 6.42 Å². The SMILES string of the molecule is CCOCCCC(CO)(CO)C1CCS(=O)(=O)C1. The minimum Gasteiger partial charge on any atom is -0.396 e. The standard InChI is InChI=1S/C12H24O5S/c1-2-17-6-3-5-12(9-13,10-14)11-4-7-18(15,16)8-11/h11,13-14H,2-10H2,1H3. The minimum absolute atomic E-state index is 0.0861. The second-order valence-corrected chi connectivity index (χ2v) is 7.31. The molecule has 0 aromatic rings. The van der Waals surface area contributed by atoms with Crippen LogP contribution in [-0.4, -0.2) is 56.6 Å². The van der Waals surface area contributed by atoms with Crippen LogP contribution in [0.25, 0.3) is 0 Å². The maximum atomic E-state index is 11.5. The van der Waals surface area contributed by atoms with Crippen LogP contribution in [0.2, 0.25) is 0 Å². The maximum absolute atomic E-state index is 11.5. The van der Waals surface area contributed by atoms with Crippen LogP contribution in [0.15, 0.2) is 0 Å². The molecule has 1 aliphatic rings. The summed E-state index contributed by atoms with van der Waals surface area (Å²) in [6, 6.07) is 0. The predicted molar refractivity (Wildman–Crippen MR) is 69.1 cm³/mol. The average molecular weight is 280 g/mol. The zero-order chi connectivity index (χ0) is 13.6. The van der Waals surface area contributed by atoms with Crippen LogP contribution in [-0.2, 0) is 14.6 Å². The van der Waals surface area contributed by atoms with Crippen molar-refractivity contribution in [3.8, 4) is 0 Å². The van der Waals surface area contributed by atoms with Crippen LogP contribution in [0.4, 0.5) is 0 Å². The van der Waals surface area contributed by atoms with Gasteiger partial charge in [-0.15, -0.1) is 0 Å². The maximum Gasteiger partial charge on any atom is 0.150 e. The third kappa shape index (κ3) is 3.91. The highest BCUT2D eigenvalue weighted by Crippen LogP contribution is 2.39. The molecule has 0 aliphatic carbocycles. The normalized spacial score (nSPS) is 23.4. The van der Waals surface area contributed by atoms with E-state index in [1.807, 2.05) is 6.92 Å². The Morgan fingerprint density at radius 2 is 2.00 bits per heavy atom. The third-order valence-corrected chi connectivity index (χ3v) is 5.66. The quantitative estimate of drug-likeness (QED) is 0.621. The van der Waals surface area contributed by atoms with E-state index >= 15 is 0 Å². The lowest BCUT2D eigenvalue weighted by atomic mass is 9.73. The lowest BCUT2D eigenvalue weighted by Crippen LogP contribution is -2.39. The number of rotatable bonds is 8. The van der Waals surface area contributed by atoms with E-state index in [1.54, 1.807) is 0 Å². The Hall–Kier alpha value is -0.170. The molecule has 108 valence electrons. The largest absolute Gasteiger partial charge is 0.396 e. The molecule has 5 nitrogen and oxygen atoms in total. The van der Waals surface area contributed by atoms with Gasteiger partial charge in [-0.25, -0.2) is 8.42 Å². The molecule has 0 spiro atoms. The Bertz CT molecular complexity index is 334. The van der Waals surface area contributed by atoms with Gasteiger partial charge in [-0.2, -0.15) is 0 Å². The van der Waals surface area contributed by atoms with Crippen molar-refractivity contribution in [1.82, 2.24) is 0 Å². The van der Waals surface area contributed by atoms with Gasteiger partial charge in [0.2, 0.25) is 0 Å². The molecule has 0 aromatic heterocycles. The first-order valence-corrected chi connectivity index (χ1v) is 8.31. The molecule has 1 heterocycles. The molecule has 1 aliphatic heterocycles. The van der Waals surface area contributed by atoms with Gasteiger partial charge in [-0.1, -0.05) is 0 Å². The summed E-state index contributed by atoms with van der Waals surface area (Å²) < 4.78 is 28.3. The van der Waals surface area contributed by atoms with Gasteiger partial charge in [0.15, 0.2) is 9.84 Å². The number of hydrogen-bond donors (Lipinski definition) is 2. The molecule has 0 radical (unpaired) electrons. The van der Waals surface area contributed by atoms with E-state index in [2.05, 4.69) is 0 Å². The molecule has 18 heavy (non-hydrogen) atoms. The molecular weight excluding hydrogens is 256 g/mol. The zero-order valence-corrected chi connectivity index (χ0v) is 11.8. The highest BCUT2D eigenvalue weighted by atomic mass is 32.2. The molecule has 0 bridgehead atoms. The van der Waals surface area contributed by atoms with Crippen LogP contribution in [0, 0.1) is 11.3 Å². The molecule has 0 aromatic carbocycles. The molecule has 1 saturated heterocycles. The van der Waals surface area contributed by atoms with Crippen LogP contribution in [0.5, 0.6) is 0 Å². The van der Waals surface area contributed by atoms with Crippen molar-refractivity contribution in [2.24, 2.45) is 11.3 Å². The Labute approximate surface area is 109 Å². The Morgan fingerprint density at radius 3 is 2.44 bits per heavy atom. The summed E-state index contributed by atoms with van der Waals surface area (Å²) in [5.41, 5.74) is -0.680. The number of aliphatic hydroxyl groups excluding tert-OH is 2. The summed E-state index contributed by atoms with van der Waals surface area (Å²) in [6.07, 6.45) is 1.86. The number of ether oxygens (including phenoxy) is 1. The van der Waals surface area contributed by atoms with Crippen molar-refractivity contribution in [2.45, 2.75) is 26.2 Å². The van der Waals surface area contributed by atoms with E-state index in [4.69, 9.17) is 4.74 Å². The predicted octanol–water partition coefficient (Wildman–Crippen LogP) is 0.209. The first-order chi connectivity index (χ1) is 8.49. The fraction of sp³-hybridized carbons (Fsp3) is 1.00. The van der Waals surface area contributed by atoms with Crippen molar-refractivity contribution < 1.29 is 23.4 Å².